The van der Waals surface area contributed by atoms with Crippen LogP contribution in [0.15, 0.2) is 46.7 Å². The molecule has 0 aromatic carbocycles. The van der Waals surface area contributed by atoms with Crippen LogP contribution in [0.1, 0.15) is 6.92 Å². The number of nitrogens with two attached hydrogens (primary N) is 1. The van der Waals surface area contributed by atoms with Gasteiger partial charge in [0.1, 0.15) is 22.9 Å². The molecule has 0 radical (unpaired) electrons. The predicted octanol–water partition coefficient (Wildman–Crippen LogP) is -1.48. The van der Waals surface area contributed by atoms with Crippen molar-refractivity contribution in [2.75, 3.05) is 14.1 Å². The maximum Gasteiger partial charge on any atom is 0.255 e. The van der Waals surface area contributed by atoms with Crippen LogP contribution >= 0.6 is 0 Å². The molecule has 0 spiro atoms. The highest BCUT2D eigenvalue weighted by Crippen LogP contribution is 2.57. The quantitative estimate of drug-likeness (QED) is 0.237. The molecule has 0 bridgehead atoms. The third-order valence-electron chi connectivity index (χ3n) is 7.49. The van der Waals surface area contributed by atoms with Gasteiger partial charge in [0.2, 0.25) is 5.78 Å². The Labute approximate surface area is 188 Å². The van der Waals surface area contributed by atoms with Crippen LogP contribution in [0.3, 0.4) is 0 Å². The molecule has 8 unspecified atom stereocenters. The number of hydrogen-bond donors (Lipinski definition) is 7. The second kappa shape index (κ2) is 7.00. The van der Waals surface area contributed by atoms with E-state index in [1.165, 1.54) is 44.1 Å². The zero-order valence-electron chi connectivity index (χ0n) is 18.1. The largest absolute Gasteiger partial charge is 0.512 e. The smallest absolute Gasteiger partial charge is 0.255 e. The van der Waals surface area contributed by atoms with E-state index >= 15 is 0 Å². The summed E-state index contributed by atoms with van der Waals surface area (Å²) in [5.74, 6) is -11.6. The monoisotopic (exact) mass is 462 g/mol. The van der Waals surface area contributed by atoms with Crippen LogP contribution < -0.4 is 5.73 Å². The molecule has 4 rings (SSSR count). The fraction of sp³-hybridized carbons (Fsp3) is 0.500. The van der Waals surface area contributed by atoms with Crippen molar-refractivity contribution >= 4 is 17.5 Å². The van der Waals surface area contributed by atoms with Gasteiger partial charge in [0.15, 0.2) is 11.4 Å². The number of likely N-dealkylation sites (N-methyl/N-ethyl adjacent to an activating group) is 1. The van der Waals surface area contributed by atoms with E-state index in [0.717, 1.165) is 0 Å². The fourth-order valence-electron chi connectivity index (χ4n) is 6.02. The Morgan fingerprint density at radius 1 is 1.15 bits per heavy atom. The molecular weight excluding hydrogens is 436 g/mol. The molecule has 0 aromatic rings. The highest BCUT2D eigenvalue weighted by Gasteiger charge is 2.70. The first kappa shape index (κ1) is 23.2. The van der Waals surface area contributed by atoms with Crippen molar-refractivity contribution < 1.29 is 45.0 Å². The molecule has 33 heavy (non-hydrogen) atoms. The average molecular weight is 462 g/mol. The minimum atomic E-state index is -3.00. The van der Waals surface area contributed by atoms with Gasteiger partial charge in [-0.1, -0.05) is 12.2 Å². The van der Waals surface area contributed by atoms with Crippen LogP contribution in [-0.2, 0) is 14.4 Å². The summed E-state index contributed by atoms with van der Waals surface area (Å²) in [6.45, 7) is 1.31. The molecule has 11 heteroatoms. The first-order chi connectivity index (χ1) is 15.2. The van der Waals surface area contributed by atoms with Crippen molar-refractivity contribution in [3.63, 3.8) is 0 Å². The molecular formula is C22H26N2O9. The Balaban J connectivity index is 2.05. The van der Waals surface area contributed by atoms with Crippen molar-refractivity contribution in [3.8, 4) is 0 Å². The number of aliphatic hydroxyl groups is 6. The molecule has 1 amide bonds. The van der Waals surface area contributed by atoms with Crippen LogP contribution in [0.5, 0.6) is 0 Å². The number of allylic oxidation sites excluding steroid dienone is 3. The maximum absolute atomic E-state index is 13.4. The summed E-state index contributed by atoms with van der Waals surface area (Å²) in [6, 6.07) is -1.38. The Hall–Kier alpha value is -2.99. The summed E-state index contributed by atoms with van der Waals surface area (Å²) < 4.78 is 0. The lowest BCUT2D eigenvalue weighted by Crippen LogP contribution is -2.72. The van der Waals surface area contributed by atoms with Gasteiger partial charge in [-0.3, -0.25) is 19.3 Å². The van der Waals surface area contributed by atoms with Gasteiger partial charge in [0.05, 0.1) is 29.6 Å². The first-order valence-corrected chi connectivity index (χ1v) is 10.3. The maximum atomic E-state index is 13.4. The number of fused-ring (bicyclic) bond motifs is 3. The van der Waals surface area contributed by atoms with Gasteiger partial charge in [0.25, 0.3) is 5.91 Å². The van der Waals surface area contributed by atoms with Crippen molar-refractivity contribution in [2.45, 2.75) is 30.3 Å². The van der Waals surface area contributed by atoms with Gasteiger partial charge in [0, 0.05) is 17.4 Å². The second-order valence-corrected chi connectivity index (χ2v) is 9.45. The molecule has 4 aliphatic rings. The highest BCUT2D eigenvalue weighted by atomic mass is 16.4. The number of rotatable bonds is 2. The summed E-state index contributed by atoms with van der Waals surface area (Å²) in [5, 5.41) is 66.7. The van der Waals surface area contributed by atoms with E-state index in [-0.39, 0.29) is 0 Å². The Morgan fingerprint density at radius 3 is 2.30 bits per heavy atom. The van der Waals surface area contributed by atoms with Crippen molar-refractivity contribution in [2.24, 2.45) is 29.4 Å². The standard InChI is InChI=1S/C22H26N2O9/c1-21(32)7-5-4-6-8(25)9(7)15(26)10-12(21)17(28)13-14(24(2)3)16(27)11(20(23)31)19(30)22(13,33)18(10)29/h4-7,9,12-14,17,25,27-29,32-33H,1-3H3,(H2,23,31). The molecule has 178 valence electrons. The van der Waals surface area contributed by atoms with Gasteiger partial charge in [-0.15, -0.1) is 0 Å². The van der Waals surface area contributed by atoms with E-state index in [0.29, 0.717) is 0 Å². The number of Topliss-reactive ketones (excluding diaryl/α,β-unsaturated/α-hetero) is 2. The number of ketones is 2. The molecule has 1 fully saturated rings. The molecule has 4 aliphatic carbocycles. The lowest BCUT2D eigenvalue weighted by molar-refractivity contribution is -0.185. The zero-order valence-corrected chi connectivity index (χ0v) is 18.1. The van der Waals surface area contributed by atoms with E-state index in [9.17, 15) is 45.0 Å². The molecule has 1 saturated carbocycles. The van der Waals surface area contributed by atoms with E-state index in [1.54, 1.807) is 0 Å². The number of amides is 1. The minimum Gasteiger partial charge on any atom is -0.512 e. The number of primary amides is 1. The summed E-state index contributed by atoms with van der Waals surface area (Å²) in [4.78, 5) is 39.9. The van der Waals surface area contributed by atoms with Gasteiger partial charge in [-0.25, -0.2) is 0 Å². The molecule has 8 atom stereocenters. The Morgan fingerprint density at radius 2 is 1.76 bits per heavy atom. The minimum absolute atomic E-state index is 0.397. The van der Waals surface area contributed by atoms with E-state index in [2.05, 4.69) is 0 Å². The van der Waals surface area contributed by atoms with Crippen LogP contribution in [0, 0.1) is 23.7 Å². The topological polar surface area (TPSA) is 202 Å². The van der Waals surface area contributed by atoms with E-state index < -0.39 is 92.9 Å². The van der Waals surface area contributed by atoms with E-state index in [1.807, 2.05) is 0 Å². The summed E-state index contributed by atoms with van der Waals surface area (Å²) in [6.07, 6.45) is 2.33. The highest BCUT2D eigenvalue weighted by molar-refractivity contribution is 6.24. The third kappa shape index (κ3) is 2.67. The van der Waals surface area contributed by atoms with Crippen molar-refractivity contribution in [1.82, 2.24) is 4.90 Å². The SMILES string of the molecule is CN(C)C1C(O)=C(C(N)=O)C(=O)C2(O)C(O)=C3C(=O)C4C(O)=CC=CC4C(C)(O)C3C(O)C12. The first-order valence-electron chi connectivity index (χ1n) is 10.3. The van der Waals surface area contributed by atoms with Crippen molar-refractivity contribution in [1.29, 1.82) is 0 Å². The number of carbonyl (C=O) groups excluding carboxylic acids is 3. The molecule has 8 N–H and O–H groups in total. The van der Waals surface area contributed by atoms with Gasteiger partial charge in [-0.2, -0.15) is 0 Å². The molecule has 0 aromatic heterocycles. The van der Waals surface area contributed by atoms with Crippen LogP contribution in [0.25, 0.3) is 0 Å². The average Bonchev–Trinajstić information content (AvgIpc) is 2.70. The Bertz CT molecular complexity index is 1100. The van der Waals surface area contributed by atoms with Crippen molar-refractivity contribution in [3.05, 3.63) is 46.7 Å². The lowest BCUT2D eigenvalue weighted by atomic mass is 9.50. The normalized spacial score (nSPS) is 42.7. The fourth-order valence-corrected chi connectivity index (χ4v) is 6.02. The molecule has 0 heterocycles. The van der Waals surface area contributed by atoms with Gasteiger partial charge in [-0.05, 0) is 27.1 Å². The molecule has 11 nitrogen and oxygen atoms in total. The van der Waals surface area contributed by atoms with Crippen LogP contribution in [0.2, 0.25) is 0 Å². The number of carbonyl (C=O) groups is 3. The predicted molar refractivity (Wildman–Crippen MR) is 111 cm³/mol. The summed E-state index contributed by atoms with van der Waals surface area (Å²) in [5.41, 5.74) is -1.27. The lowest BCUT2D eigenvalue weighted by Gasteiger charge is -2.57. The summed E-state index contributed by atoms with van der Waals surface area (Å²) >= 11 is 0. The van der Waals surface area contributed by atoms with Gasteiger partial charge < -0.3 is 36.4 Å². The zero-order chi connectivity index (χ0) is 24.8. The number of aliphatic hydroxyl groups excluding tert-OH is 4. The Kier molecular flexibility index (Phi) is 4.92. The molecule has 0 saturated heterocycles. The summed E-state index contributed by atoms with van der Waals surface area (Å²) in [7, 11) is 2.87. The third-order valence-corrected chi connectivity index (χ3v) is 7.49. The van der Waals surface area contributed by atoms with Gasteiger partial charge >= 0.3 is 0 Å². The van der Waals surface area contributed by atoms with Crippen LogP contribution in [0.4, 0.5) is 0 Å². The van der Waals surface area contributed by atoms with Crippen LogP contribution in [-0.4, -0.2) is 90.5 Å². The number of hydrogen-bond acceptors (Lipinski definition) is 10. The number of nitrogens with zero attached hydrogens (tertiary/aromatic N) is 1. The second-order valence-electron chi connectivity index (χ2n) is 9.45. The van der Waals surface area contributed by atoms with E-state index in [4.69, 9.17) is 5.73 Å². The molecule has 0 aliphatic heterocycles.